The summed E-state index contributed by atoms with van der Waals surface area (Å²) in [7, 11) is -4.10. The molecule has 12 nitrogen and oxygen atoms in total. The maximum atomic E-state index is 13.7. The van der Waals surface area contributed by atoms with Crippen molar-refractivity contribution in [3.8, 4) is 5.69 Å². The van der Waals surface area contributed by atoms with E-state index in [9.17, 15) is 23.1 Å². The van der Waals surface area contributed by atoms with E-state index in [1.165, 1.54) is 22.6 Å². The average Bonchev–Trinajstić information content (AvgIpc) is 3.47. The van der Waals surface area contributed by atoms with Gasteiger partial charge in [0.25, 0.3) is 15.8 Å². The van der Waals surface area contributed by atoms with Gasteiger partial charge in [-0.25, -0.2) is 22.9 Å². The van der Waals surface area contributed by atoms with Crippen LogP contribution in [0.3, 0.4) is 0 Å². The molecule has 1 atom stereocenters. The van der Waals surface area contributed by atoms with Crippen LogP contribution in [-0.2, 0) is 37.5 Å². The Labute approximate surface area is 238 Å². The van der Waals surface area contributed by atoms with E-state index in [0.717, 1.165) is 5.69 Å². The third kappa shape index (κ3) is 7.27. The summed E-state index contributed by atoms with van der Waals surface area (Å²) in [4.78, 5) is 38.2. The van der Waals surface area contributed by atoms with Crippen LogP contribution in [0.2, 0.25) is 0 Å². The number of hydrogen-bond acceptors (Lipinski definition) is 9. The van der Waals surface area contributed by atoms with Crippen molar-refractivity contribution in [3.05, 3.63) is 96.6 Å². The van der Waals surface area contributed by atoms with Crippen LogP contribution in [0.25, 0.3) is 5.69 Å². The molecule has 0 fully saturated rings. The molecule has 3 aromatic heterocycles. The summed E-state index contributed by atoms with van der Waals surface area (Å²) in [6, 6.07) is 18.2. The van der Waals surface area contributed by atoms with Gasteiger partial charge in [-0.3, -0.25) is 0 Å². The Kier molecular flexibility index (Phi) is 8.73. The molecular weight excluding hydrogens is 548 g/mol. The Morgan fingerprint density at radius 1 is 1.02 bits per heavy atom. The fourth-order valence-electron chi connectivity index (χ4n) is 4.14. The molecule has 0 aliphatic carbocycles. The molecule has 13 heteroatoms. The van der Waals surface area contributed by atoms with E-state index in [-0.39, 0.29) is 29.6 Å². The van der Waals surface area contributed by atoms with Crippen LogP contribution < -0.4 is 9.75 Å². The quantitative estimate of drug-likeness (QED) is 0.140. The molecule has 0 saturated carbocycles. The van der Waals surface area contributed by atoms with Crippen LogP contribution in [0.15, 0.2) is 90.3 Å². The second-order valence-electron chi connectivity index (χ2n) is 10.2. The number of benzene rings is 1. The molecule has 1 aromatic carbocycles. The van der Waals surface area contributed by atoms with Gasteiger partial charge in [-0.05, 0) is 62.7 Å². The van der Waals surface area contributed by atoms with Gasteiger partial charge in [-0.1, -0.05) is 28.9 Å². The number of quaternary nitrogens is 1. The zero-order valence-electron chi connectivity index (χ0n) is 22.8. The highest BCUT2D eigenvalue weighted by molar-refractivity contribution is 7.89. The topological polar surface area (TPSA) is 147 Å². The maximum absolute atomic E-state index is 13.7. The molecule has 0 saturated heterocycles. The Bertz CT molecular complexity index is 1590. The van der Waals surface area contributed by atoms with Crippen molar-refractivity contribution >= 4 is 28.2 Å². The van der Waals surface area contributed by atoms with Crippen LogP contribution in [0, 0.1) is 0 Å². The summed E-state index contributed by atoms with van der Waals surface area (Å²) in [6.45, 7) is 3.96. The predicted molar refractivity (Wildman–Crippen MR) is 147 cm³/mol. The number of amides is 1. The monoisotopic (exact) mass is 578 g/mol. The highest BCUT2D eigenvalue weighted by Gasteiger charge is 2.40. The molecule has 0 bridgehead atoms. The van der Waals surface area contributed by atoms with E-state index < -0.39 is 32.8 Å². The number of hydrogen-bond donors (Lipinski definition) is 0. The molecule has 0 N–H and O–H groups in total. The summed E-state index contributed by atoms with van der Waals surface area (Å²) in [5, 5.41) is 15.7. The van der Waals surface area contributed by atoms with Crippen molar-refractivity contribution in [1.82, 2.24) is 28.7 Å². The first-order chi connectivity index (χ1) is 19.4. The number of rotatable bonds is 12. The van der Waals surface area contributed by atoms with Crippen molar-refractivity contribution in [2.75, 3.05) is 6.54 Å². The van der Waals surface area contributed by atoms with E-state index >= 15 is 0 Å². The number of carbonyl (C=O) groups excluding carboxylic acids is 2. The lowest BCUT2D eigenvalue weighted by Crippen LogP contribution is -2.58. The zero-order valence-corrected chi connectivity index (χ0v) is 23.6. The number of nitrogens with zero attached hydrogens (tertiary/aromatic N) is 6. The van der Waals surface area contributed by atoms with Gasteiger partial charge in [0.15, 0.2) is 11.6 Å². The zero-order chi connectivity index (χ0) is 29.7. The minimum atomic E-state index is -4.10. The summed E-state index contributed by atoms with van der Waals surface area (Å²) in [6.07, 6.45) is 5.18. The number of aromatic nitrogens is 4. The van der Waals surface area contributed by atoms with E-state index in [1.807, 2.05) is 12.1 Å². The lowest BCUT2D eigenvalue weighted by atomic mass is 10.2. The first kappa shape index (κ1) is 29.7. The van der Waals surface area contributed by atoms with Gasteiger partial charge in [-0.15, -0.1) is 0 Å². The smallest absolute Gasteiger partial charge is 0.340 e. The van der Waals surface area contributed by atoms with Gasteiger partial charge < -0.3 is 9.90 Å². The normalized spacial score (nSPS) is 13.6. The Morgan fingerprint density at radius 3 is 2.37 bits per heavy atom. The summed E-state index contributed by atoms with van der Waals surface area (Å²) >= 11 is 0. The van der Waals surface area contributed by atoms with Crippen LogP contribution in [-0.4, -0.2) is 57.0 Å². The minimum Gasteiger partial charge on any atom is -0.544 e. The van der Waals surface area contributed by atoms with Crippen LogP contribution in [0.5, 0.6) is 0 Å². The van der Waals surface area contributed by atoms with Crippen molar-refractivity contribution in [3.63, 3.8) is 0 Å². The fraction of sp³-hybridized carbons (Fsp3) is 0.250. The lowest BCUT2D eigenvalue weighted by Gasteiger charge is -2.33. The second kappa shape index (κ2) is 12.1. The predicted octanol–water partition coefficient (Wildman–Crippen LogP) is 2.00. The van der Waals surface area contributed by atoms with Gasteiger partial charge in [0, 0.05) is 31.2 Å². The number of carboxylic acid groups (broad SMARTS) is 1. The molecular formula is C28H30N6O6S. The molecule has 214 valence electrons. The minimum absolute atomic E-state index is 0.0184. The lowest BCUT2D eigenvalue weighted by molar-refractivity contribution is -0.313. The molecule has 0 aliphatic heterocycles. The maximum Gasteiger partial charge on any atom is 0.340 e. The molecule has 1 unspecified atom stereocenters. The summed E-state index contributed by atoms with van der Waals surface area (Å²) < 4.78 is 29.2. The largest absolute Gasteiger partial charge is 0.544 e. The Hall–Kier alpha value is -4.30. The SMILES string of the molecule is CC(C)(C)O[N+](C=O)(CC(=O)[O-])c1cccc(CN(Cc2ccc(-n3cccn3)cc2)S(=O)(=O)c2ccccn2)n1. The first-order valence-electron chi connectivity index (χ1n) is 12.6. The number of carboxylic acids is 1. The third-order valence-electron chi connectivity index (χ3n) is 5.80. The molecule has 41 heavy (non-hydrogen) atoms. The van der Waals surface area contributed by atoms with E-state index in [2.05, 4.69) is 15.1 Å². The number of aliphatic carboxylic acids is 1. The molecule has 4 aromatic rings. The van der Waals surface area contributed by atoms with Crippen LogP contribution in [0.4, 0.5) is 5.82 Å². The standard InChI is InChI=1S/C28H30N6O6S/c1-28(2,3)40-34(21-35,20-27(36)37)25-9-6-8-23(31-25)19-32(41(38,39)26-10-4-5-15-29-26)18-22-11-13-24(14-12-22)33-17-7-16-30-33/h4-17,21H,18-20H2,1-3H3. The van der Waals surface area contributed by atoms with Crippen molar-refractivity contribution in [1.29, 1.82) is 0 Å². The van der Waals surface area contributed by atoms with Crippen molar-refractivity contribution in [2.24, 2.45) is 0 Å². The number of pyridine rings is 2. The molecule has 0 aliphatic rings. The Balaban J connectivity index is 1.71. The summed E-state index contributed by atoms with van der Waals surface area (Å²) in [5.41, 5.74) is 0.838. The Morgan fingerprint density at radius 2 is 1.78 bits per heavy atom. The highest BCUT2D eigenvalue weighted by atomic mass is 32.2. The molecule has 0 spiro atoms. The van der Waals surface area contributed by atoms with Gasteiger partial charge in [0.1, 0.15) is 11.6 Å². The molecule has 1 amide bonds. The van der Waals surface area contributed by atoms with Gasteiger partial charge in [0.05, 0.1) is 17.9 Å². The average molecular weight is 579 g/mol. The second-order valence-corrected chi connectivity index (χ2v) is 12.1. The van der Waals surface area contributed by atoms with Crippen LogP contribution in [0.1, 0.15) is 32.0 Å². The van der Waals surface area contributed by atoms with E-state index in [4.69, 9.17) is 4.84 Å². The first-order valence-corrected chi connectivity index (χ1v) is 14.1. The van der Waals surface area contributed by atoms with Crippen LogP contribution >= 0.6 is 0 Å². The van der Waals surface area contributed by atoms with E-state index in [0.29, 0.717) is 12.0 Å². The third-order valence-corrected chi connectivity index (χ3v) is 7.50. The number of hydroxylamine groups is 2. The van der Waals surface area contributed by atoms with Crippen molar-refractivity contribution in [2.45, 2.75) is 44.5 Å². The molecule has 4 rings (SSSR count). The molecule has 3 heterocycles. The van der Waals surface area contributed by atoms with E-state index in [1.54, 1.807) is 80.3 Å². The summed E-state index contributed by atoms with van der Waals surface area (Å²) in [5.74, 6) is -1.55. The fourth-order valence-corrected chi connectivity index (χ4v) is 5.47. The number of carbonyl (C=O) groups is 2. The van der Waals surface area contributed by atoms with Gasteiger partial charge in [-0.2, -0.15) is 19.2 Å². The highest BCUT2D eigenvalue weighted by Crippen LogP contribution is 2.26. The number of sulfonamides is 1. The van der Waals surface area contributed by atoms with Gasteiger partial charge in [0.2, 0.25) is 0 Å². The van der Waals surface area contributed by atoms with Crippen molar-refractivity contribution < 1.29 is 28.0 Å². The van der Waals surface area contributed by atoms with Gasteiger partial charge >= 0.3 is 6.41 Å². The molecule has 0 radical (unpaired) electrons.